The van der Waals surface area contributed by atoms with Crippen molar-refractivity contribution in [2.75, 3.05) is 10.2 Å². The van der Waals surface area contributed by atoms with Crippen LogP contribution in [0.3, 0.4) is 0 Å². The number of rotatable bonds is 4. The first kappa shape index (κ1) is 22.7. The molecule has 170 valence electrons. The maximum Gasteiger partial charge on any atom is 0.415 e. The van der Waals surface area contributed by atoms with E-state index in [0.29, 0.717) is 23.2 Å². The number of fused-ring (bicyclic) bond motifs is 3. The lowest BCUT2D eigenvalue weighted by Gasteiger charge is -2.33. The van der Waals surface area contributed by atoms with Crippen molar-refractivity contribution < 1.29 is 14.3 Å². The van der Waals surface area contributed by atoms with E-state index in [-0.39, 0.29) is 17.7 Å². The lowest BCUT2D eigenvalue weighted by molar-refractivity contribution is -0.120. The second-order valence-electron chi connectivity index (χ2n) is 9.84. The van der Waals surface area contributed by atoms with Gasteiger partial charge in [-0.1, -0.05) is 43.1 Å². The molecule has 2 aromatic rings. The fourth-order valence-corrected chi connectivity index (χ4v) is 5.25. The molecule has 0 bridgehead atoms. The van der Waals surface area contributed by atoms with Gasteiger partial charge in [-0.15, -0.1) is 0 Å². The molecule has 1 saturated carbocycles. The predicted octanol–water partition coefficient (Wildman–Crippen LogP) is 6.75. The maximum absolute atomic E-state index is 13.1. The monoisotopic (exact) mass is 454 g/mol. The molecule has 0 spiro atoms. The molecule has 0 saturated heterocycles. The Morgan fingerprint density at radius 2 is 1.97 bits per heavy atom. The van der Waals surface area contributed by atoms with Crippen LogP contribution in [0.5, 0.6) is 0 Å². The van der Waals surface area contributed by atoms with Gasteiger partial charge in [-0.3, -0.25) is 9.69 Å². The molecule has 1 N–H and O–H groups in total. The summed E-state index contributed by atoms with van der Waals surface area (Å²) in [6, 6.07) is 13.4. The van der Waals surface area contributed by atoms with Crippen LogP contribution >= 0.6 is 11.6 Å². The van der Waals surface area contributed by atoms with Gasteiger partial charge >= 0.3 is 6.09 Å². The smallest absolute Gasteiger partial charge is 0.415 e. The molecule has 6 heteroatoms. The molecule has 2 aromatic carbocycles. The van der Waals surface area contributed by atoms with E-state index in [9.17, 15) is 9.59 Å². The van der Waals surface area contributed by atoms with Crippen LogP contribution in [-0.4, -0.2) is 17.6 Å². The van der Waals surface area contributed by atoms with Crippen molar-refractivity contribution in [2.24, 2.45) is 11.8 Å². The highest BCUT2D eigenvalue weighted by Gasteiger charge is 2.44. The van der Waals surface area contributed by atoms with E-state index in [1.165, 1.54) is 5.56 Å². The third kappa shape index (κ3) is 4.63. The van der Waals surface area contributed by atoms with Crippen LogP contribution in [0, 0.1) is 11.8 Å². The molecule has 0 aromatic heterocycles. The summed E-state index contributed by atoms with van der Waals surface area (Å²) in [4.78, 5) is 27.5. The zero-order valence-electron chi connectivity index (χ0n) is 19.2. The number of carbonyl (C=O) groups is 2. The Bertz CT molecular complexity index is 1030. The first-order valence-corrected chi connectivity index (χ1v) is 11.7. The number of ether oxygens (including phenoxy) is 1. The molecule has 1 fully saturated rings. The van der Waals surface area contributed by atoms with Crippen molar-refractivity contribution in [1.82, 2.24) is 0 Å². The quantitative estimate of drug-likeness (QED) is 0.555. The van der Waals surface area contributed by atoms with Crippen LogP contribution in [0.15, 0.2) is 42.5 Å². The van der Waals surface area contributed by atoms with Gasteiger partial charge in [0.15, 0.2) is 0 Å². The number of halogens is 1. The standard InChI is InChI=1S/C26H31ClN2O3/c1-5-17-9-11-21-23(17)20-12-10-19(14-22(20)28-24(21)30)29(25(31)32-26(2,3)4)15-16-7-6-8-18(27)13-16/h6-8,10,12-14,17,21,23H,5,9,11,15H2,1-4H3,(H,28,30). The number of hydrogen-bond donors (Lipinski definition) is 1. The summed E-state index contributed by atoms with van der Waals surface area (Å²) in [6.07, 6.45) is 2.65. The van der Waals surface area contributed by atoms with E-state index in [0.717, 1.165) is 30.5 Å². The summed E-state index contributed by atoms with van der Waals surface area (Å²) < 4.78 is 5.69. The molecule has 3 atom stereocenters. The summed E-state index contributed by atoms with van der Waals surface area (Å²) in [5.41, 5.74) is 2.93. The fraction of sp³-hybridized carbons (Fsp3) is 0.462. The van der Waals surface area contributed by atoms with Crippen molar-refractivity contribution >= 4 is 35.0 Å². The minimum atomic E-state index is -0.627. The molecule has 32 heavy (non-hydrogen) atoms. The van der Waals surface area contributed by atoms with Gasteiger partial charge in [0.2, 0.25) is 5.91 Å². The van der Waals surface area contributed by atoms with E-state index in [1.807, 2.05) is 51.1 Å². The molecule has 3 unspecified atom stereocenters. The van der Waals surface area contributed by atoms with Gasteiger partial charge in [0.05, 0.1) is 6.54 Å². The number of nitrogens with zero attached hydrogens (tertiary/aromatic N) is 1. The Hall–Kier alpha value is -2.53. The summed E-state index contributed by atoms with van der Waals surface area (Å²) in [5, 5.41) is 3.71. The number of nitrogens with one attached hydrogen (secondary N) is 1. The third-order valence-corrected chi connectivity index (χ3v) is 6.70. The predicted molar refractivity (Wildman–Crippen MR) is 128 cm³/mol. The molecule has 1 heterocycles. The van der Waals surface area contributed by atoms with Crippen molar-refractivity contribution in [3.05, 3.63) is 58.6 Å². The Morgan fingerprint density at radius 3 is 2.66 bits per heavy atom. The first-order chi connectivity index (χ1) is 15.2. The number of carbonyl (C=O) groups excluding carboxylic acids is 2. The van der Waals surface area contributed by atoms with Crippen LogP contribution in [0.1, 0.15) is 64.0 Å². The van der Waals surface area contributed by atoms with Crippen LogP contribution in [0.25, 0.3) is 0 Å². The van der Waals surface area contributed by atoms with Crippen LogP contribution in [0.2, 0.25) is 5.02 Å². The number of anilines is 2. The minimum absolute atomic E-state index is 0.0479. The molecule has 0 radical (unpaired) electrons. The molecular formula is C26H31ClN2O3. The van der Waals surface area contributed by atoms with E-state index >= 15 is 0 Å². The Kier molecular flexibility index (Phi) is 6.22. The molecule has 5 nitrogen and oxygen atoms in total. The average molecular weight is 455 g/mol. The lowest BCUT2D eigenvalue weighted by atomic mass is 9.78. The summed E-state index contributed by atoms with van der Waals surface area (Å²) >= 11 is 6.17. The van der Waals surface area contributed by atoms with E-state index in [1.54, 1.807) is 11.0 Å². The van der Waals surface area contributed by atoms with E-state index in [4.69, 9.17) is 16.3 Å². The molecule has 1 aliphatic heterocycles. The highest BCUT2D eigenvalue weighted by atomic mass is 35.5. The van der Waals surface area contributed by atoms with E-state index < -0.39 is 11.7 Å². The first-order valence-electron chi connectivity index (χ1n) is 11.4. The average Bonchev–Trinajstić information content (AvgIpc) is 3.15. The summed E-state index contributed by atoms with van der Waals surface area (Å²) in [7, 11) is 0. The number of hydrogen-bond acceptors (Lipinski definition) is 3. The SMILES string of the molecule is CCC1CCC2C(=O)Nc3cc(N(Cc4cccc(Cl)c4)C(=O)OC(C)(C)C)ccc3C12. The second kappa shape index (κ2) is 8.78. The number of amides is 2. The van der Waals surface area contributed by atoms with Gasteiger partial charge in [-0.05, 0) is 74.9 Å². The largest absolute Gasteiger partial charge is 0.443 e. The Morgan fingerprint density at radius 1 is 1.19 bits per heavy atom. The second-order valence-corrected chi connectivity index (χ2v) is 10.3. The van der Waals surface area contributed by atoms with Crippen LogP contribution in [0.4, 0.5) is 16.2 Å². The normalized spacial score (nSPS) is 22.0. The topological polar surface area (TPSA) is 58.6 Å². The third-order valence-electron chi connectivity index (χ3n) is 6.46. The van der Waals surface area contributed by atoms with Crippen LogP contribution < -0.4 is 10.2 Å². The Balaban J connectivity index is 1.70. The molecule has 2 amide bonds. The lowest BCUT2D eigenvalue weighted by Crippen LogP contribution is -2.37. The molecular weight excluding hydrogens is 424 g/mol. The van der Waals surface area contributed by atoms with Gasteiger partial charge in [-0.2, -0.15) is 0 Å². The molecule has 1 aliphatic carbocycles. The summed E-state index contributed by atoms with van der Waals surface area (Å²) in [6.45, 7) is 8.05. The maximum atomic E-state index is 13.1. The fourth-order valence-electron chi connectivity index (χ4n) is 5.04. The van der Waals surface area contributed by atoms with Crippen molar-refractivity contribution in [2.45, 2.75) is 65.0 Å². The van der Waals surface area contributed by atoms with Crippen LogP contribution in [-0.2, 0) is 16.1 Å². The molecule has 4 rings (SSSR count). The van der Waals surface area contributed by atoms with Gasteiger partial charge in [-0.25, -0.2) is 4.79 Å². The highest BCUT2D eigenvalue weighted by molar-refractivity contribution is 6.30. The highest BCUT2D eigenvalue weighted by Crippen LogP contribution is 2.51. The zero-order valence-corrected chi connectivity index (χ0v) is 19.9. The van der Waals surface area contributed by atoms with Crippen molar-refractivity contribution in [3.8, 4) is 0 Å². The molecule has 2 aliphatic rings. The van der Waals surface area contributed by atoms with Gasteiger partial charge in [0, 0.05) is 28.2 Å². The Labute approximate surface area is 195 Å². The van der Waals surface area contributed by atoms with Gasteiger partial charge in [0.1, 0.15) is 5.60 Å². The zero-order chi connectivity index (χ0) is 23.0. The van der Waals surface area contributed by atoms with Crippen molar-refractivity contribution in [1.29, 1.82) is 0 Å². The van der Waals surface area contributed by atoms with Gasteiger partial charge in [0.25, 0.3) is 0 Å². The van der Waals surface area contributed by atoms with Gasteiger partial charge < -0.3 is 10.1 Å². The van der Waals surface area contributed by atoms with E-state index in [2.05, 4.69) is 18.3 Å². The number of benzene rings is 2. The van der Waals surface area contributed by atoms with Crippen molar-refractivity contribution in [3.63, 3.8) is 0 Å². The minimum Gasteiger partial charge on any atom is -0.443 e. The summed E-state index contributed by atoms with van der Waals surface area (Å²) in [5.74, 6) is 0.908.